The van der Waals surface area contributed by atoms with Crippen LogP contribution in [0.4, 0.5) is 0 Å². The van der Waals surface area contributed by atoms with E-state index in [9.17, 15) is 0 Å². The molecular formula is C13H20N4. The monoisotopic (exact) mass is 232 g/mol. The fourth-order valence-corrected chi connectivity index (χ4v) is 2.81. The molecule has 4 nitrogen and oxygen atoms in total. The smallest absolute Gasteiger partial charge is 0.152 e. The molecule has 0 spiro atoms. The minimum absolute atomic E-state index is 0.570. The van der Waals surface area contributed by atoms with Gasteiger partial charge < -0.3 is 5.32 Å². The standard InChI is InChI=1S/C13H20N4/c1-2-6-11-12(7-3-1)16-17-13(15-11)9-10-5-4-8-14-10/h10,14H,1-9H2. The Hall–Kier alpha value is -1.03. The third-order valence-electron chi connectivity index (χ3n) is 3.80. The lowest BCUT2D eigenvalue weighted by atomic mass is 10.1. The Morgan fingerprint density at radius 3 is 2.71 bits per heavy atom. The molecule has 1 aliphatic carbocycles. The Kier molecular flexibility index (Phi) is 3.31. The molecule has 1 N–H and O–H groups in total. The van der Waals surface area contributed by atoms with Gasteiger partial charge in [-0.2, -0.15) is 5.10 Å². The number of hydrogen-bond acceptors (Lipinski definition) is 4. The highest BCUT2D eigenvalue weighted by atomic mass is 15.2. The Bertz CT molecular complexity index is 385. The fourth-order valence-electron chi connectivity index (χ4n) is 2.81. The fraction of sp³-hybridized carbons (Fsp3) is 0.769. The molecule has 1 unspecified atom stereocenters. The molecular weight excluding hydrogens is 212 g/mol. The summed E-state index contributed by atoms with van der Waals surface area (Å²) in [7, 11) is 0. The maximum atomic E-state index is 4.72. The van der Waals surface area contributed by atoms with Crippen molar-refractivity contribution in [3.8, 4) is 0 Å². The number of fused-ring (bicyclic) bond motifs is 1. The van der Waals surface area contributed by atoms with Crippen molar-refractivity contribution >= 4 is 0 Å². The molecule has 0 aromatic carbocycles. The molecule has 3 rings (SSSR count). The van der Waals surface area contributed by atoms with E-state index in [2.05, 4.69) is 15.5 Å². The van der Waals surface area contributed by atoms with Crippen LogP contribution in [0.2, 0.25) is 0 Å². The van der Waals surface area contributed by atoms with E-state index in [0.717, 1.165) is 37.3 Å². The molecule has 2 heterocycles. The van der Waals surface area contributed by atoms with E-state index in [1.165, 1.54) is 37.8 Å². The molecule has 92 valence electrons. The van der Waals surface area contributed by atoms with Gasteiger partial charge >= 0.3 is 0 Å². The first-order valence-corrected chi connectivity index (χ1v) is 6.86. The molecule has 0 bridgehead atoms. The second-order valence-electron chi connectivity index (χ2n) is 5.18. The lowest BCUT2D eigenvalue weighted by Gasteiger charge is -2.10. The average Bonchev–Trinajstić information content (AvgIpc) is 2.73. The summed E-state index contributed by atoms with van der Waals surface area (Å²) in [4.78, 5) is 4.72. The zero-order chi connectivity index (χ0) is 11.5. The minimum atomic E-state index is 0.570. The SMILES string of the molecule is C1CCc2nnc(CC3CCCN3)nc2CC1. The van der Waals surface area contributed by atoms with Gasteiger partial charge in [0.25, 0.3) is 0 Å². The number of hydrogen-bond donors (Lipinski definition) is 1. The van der Waals surface area contributed by atoms with Crippen molar-refractivity contribution in [2.24, 2.45) is 0 Å². The van der Waals surface area contributed by atoms with Crippen LogP contribution in [0.15, 0.2) is 0 Å². The number of nitrogens with zero attached hydrogens (tertiary/aromatic N) is 3. The van der Waals surface area contributed by atoms with Crippen LogP contribution in [-0.2, 0) is 19.3 Å². The molecule has 1 aliphatic heterocycles. The second-order valence-corrected chi connectivity index (χ2v) is 5.18. The van der Waals surface area contributed by atoms with Gasteiger partial charge in [-0.25, -0.2) is 4.98 Å². The molecule has 0 amide bonds. The molecule has 4 heteroatoms. The Morgan fingerprint density at radius 2 is 1.88 bits per heavy atom. The molecule has 0 radical (unpaired) electrons. The van der Waals surface area contributed by atoms with E-state index in [0.29, 0.717) is 6.04 Å². The van der Waals surface area contributed by atoms with Crippen LogP contribution in [0, 0.1) is 0 Å². The van der Waals surface area contributed by atoms with Crippen LogP contribution in [-0.4, -0.2) is 27.8 Å². The van der Waals surface area contributed by atoms with Crippen LogP contribution in [0.3, 0.4) is 0 Å². The maximum Gasteiger partial charge on any atom is 0.152 e. The van der Waals surface area contributed by atoms with Gasteiger partial charge in [0.2, 0.25) is 0 Å². The predicted octanol–water partition coefficient (Wildman–Crippen LogP) is 1.43. The maximum absolute atomic E-state index is 4.72. The van der Waals surface area contributed by atoms with Crippen molar-refractivity contribution in [1.29, 1.82) is 0 Å². The van der Waals surface area contributed by atoms with Gasteiger partial charge in [-0.3, -0.25) is 0 Å². The van der Waals surface area contributed by atoms with Gasteiger partial charge in [-0.15, -0.1) is 5.10 Å². The lowest BCUT2D eigenvalue weighted by molar-refractivity contribution is 0.573. The normalized spacial score (nSPS) is 24.4. The average molecular weight is 232 g/mol. The van der Waals surface area contributed by atoms with Crippen LogP contribution >= 0.6 is 0 Å². The number of nitrogens with one attached hydrogen (secondary N) is 1. The van der Waals surface area contributed by atoms with E-state index in [1.54, 1.807) is 0 Å². The predicted molar refractivity (Wildman–Crippen MR) is 65.8 cm³/mol. The van der Waals surface area contributed by atoms with Crippen LogP contribution < -0.4 is 5.32 Å². The van der Waals surface area contributed by atoms with Gasteiger partial charge in [0.15, 0.2) is 5.82 Å². The van der Waals surface area contributed by atoms with Gasteiger partial charge in [0.1, 0.15) is 0 Å². The first-order valence-electron chi connectivity index (χ1n) is 6.86. The summed E-state index contributed by atoms with van der Waals surface area (Å²) >= 11 is 0. The summed E-state index contributed by atoms with van der Waals surface area (Å²) in [5, 5.41) is 12.2. The van der Waals surface area contributed by atoms with E-state index >= 15 is 0 Å². The number of aryl methyl sites for hydroxylation is 2. The second kappa shape index (κ2) is 5.08. The van der Waals surface area contributed by atoms with Crippen molar-refractivity contribution in [2.45, 2.75) is 57.4 Å². The topological polar surface area (TPSA) is 50.7 Å². The van der Waals surface area contributed by atoms with E-state index in [-0.39, 0.29) is 0 Å². The molecule has 17 heavy (non-hydrogen) atoms. The van der Waals surface area contributed by atoms with E-state index in [1.807, 2.05) is 0 Å². The summed E-state index contributed by atoms with van der Waals surface area (Å²) in [6.07, 6.45) is 9.44. The number of aromatic nitrogens is 3. The quantitative estimate of drug-likeness (QED) is 0.784. The van der Waals surface area contributed by atoms with Crippen LogP contribution in [0.25, 0.3) is 0 Å². The van der Waals surface area contributed by atoms with E-state index < -0.39 is 0 Å². The summed E-state index contributed by atoms with van der Waals surface area (Å²) in [5.74, 6) is 0.935. The molecule has 0 saturated carbocycles. The molecule has 1 aromatic rings. The largest absolute Gasteiger partial charge is 0.314 e. The van der Waals surface area contributed by atoms with Crippen molar-refractivity contribution in [3.63, 3.8) is 0 Å². The minimum Gasteiger partial charge on any atom is -0.314 e. The Labute approximate surface area is 102 Å². The highest BCUT2D eigenvalue weighted by molar-refractivity contribution is 5.12. The number of rotatable bonds is 2. The molecule has 1 atom stereocenters. The van der Waals surface area contributed by atoms with Crippen LogP contribution in [0.5, 0.6) is 0 Å². The summed E-state index contributed by atoms with van der Waals surface area (Å²) in [6.45, 7) is 1.14. The van der Waals surface area contributed by atoms with E-state index in [4.69, 9.17) is 4.98 Å². The Morgan fingerprint density at radius 1 is 1.00 bits per heavy atom. The Balaban J connectivity index is 1.74. The highest BCUT2D eigenvalue weighted by Crippen LogP contribution is 2.17. The summed E-state index contributed by atoms with van der Waals surface area (Å²) in [5.41, 5.74) is 2.36. The first kappa shape index (κ1) is 11.1. The van der Waals surface area contributed by atoms with Crippen molar-refractivity contribution in [1.82, 2.24) is 20.5 Å². The summed E-state index contributed by atoms with van der Waals surface area (Å²) < 4.78 is 0. The third-order valence-corrected chi connectivity index (χ3v) is 3.80. The van der Waals surface area contributed by atoms with Crippen LogP contribution in [0.1, 0.15) is 49.3 Å². The van der Waals surface area contributed by atoms with Gasteiger partial charge in [-0.05, 0) is 45.1 Å². The van der Waals surface area contributed by atoms with Gasteiger partial charge in [0, 0.05) is 12.5 Å². The lowest BCUT2D eigenvalue weighted by Crippen LogP contribution is -2.25. The summed E-state index contributed by atoms with van der Waals surface area (Å²) in [6, 6.07) is 0.570. The van der Waals surface area contributed by atoms with Crippen molar-refractivity contribution in [3.05, 3.63) is 17.2 Å². The van der Waals surface area contributed by atoms with Crippen molar-refractivity contribution < 1.29 is 0 Å². The molecule has 2 aliphatic rings. The van der Waals surface area contributed by atoms with Crippen molar-refractivity contribution in [2.75, 3.05) is 6.54 Å². The molecule has 1 fully saturated rings. The zero-order valence-corrected chi connectivity index (χ0v) is 10.3. The third kappa shape index (κ3) is 2.63. The zero-order valence-electron chi connectivity index (χ0n) is 10.3. The molecule has 1 aromatic heterocycles. The van der Waals surface area contributed by atoms with Gasteiger partial charge in [-0.1, -0.05) is 6.42 Å². The van der Waals surface area contributed by atoms with Gasteiger partial charge in [0.05, 0.1) is 11.4 Å². The first-order chi connectivity index (χ1) is 8.42. The highest BCUT2D eigenvalue weighted by Gasteiger charge is 2.18. The molecule has 1 saturated heterocycles.